The van der Waals surface area contributed by atoms with E-state index in [-0.39, 0.29) is 22.9 Å². The molecule has 0 unspecified atom stereocenters. The quantitative estimate of drug-likeness (QED) is 0.267. The monoisotopic (exact) mass is 625 g/mol. The lowest BCUT2D eigenvalue weighted by Crippen LogP contribution is -2.37. The summed E-state index contributed by atoms with van der Waals surface area (Å²) in [6.07, 6.45) is 0.515. The Hall–Kier alpha value is -3.90. The Morgan fingerprint density at radius 3 is 2.24 bits per heavy atom. The zero-order valence-electron chi connectivity index (χ0n) is 22.6. The van der Waals surface area contributed by atoms with Gasteiger partial charge >= 0.3 is 0 Å². The molecule has 1 heterocycles. The van der Waals surface area contributed by atoms with Gasteiger partial charge in [0.15, 0.2) is 0 Å². The molecule has 1 aliphatic heterocycles. The molecule has 0 aromatic heterocycles. The van der Waals surface area contributed by atoms with Crippen LogP contribution in [0.2, 0.25) is 5.02 Å². The third-order valence-corrected chi connectivity index (χ3v) is 10.7. The number of carbonyl (C=O) groups excluding carboxylic acids is 1. The Morgan fingerprint density at radius 2 is 1.57 bits per heavy atom. The highest BCUT2D eigenvalue weighted by Gasteiger charge is 2.32. The molecule has 4 aromatic carbocycles. The molecule has 0 bridgehead atoms. The summed E-state index contributed by atoms with van der Waals surface area (Å²) in [4.78, 5) is 13.4. The number of hydrogen-bond donors (Lipinski definition) is 1. The zero-order chi connectivity index (χ0) is 29.9. The molecule has 9 nitrogen and oxygen atoms in total. The van der Waals surface area contributed by atoms with Crippen molar-refractivity contribution >= 4 is 48.9 Å². The minimum Gasteiger partial charge on any atom is -0.497 e. The fraction of sp³-hybridized carbons (Fsp3) is 0.167. The summed E-state index contributed by atoms with van der Waals surface area (Å²) in [5, 5.41) is 3.17. The molecule has 0 saturated heterocycles. The van der Waals surface area contributed by atoms with E-state index in [9.17, 15) is 21.6 Å². The summed E-state index contributed by atoms with van der Waals surface area (Å²) < 4.78 is 61.5. The molecule has 4 aromatic rings. The maximum absolute atomic E-state index is 13.6. The van der Waals surface area contributed by atoms with Crippen molar-refractivity contribution in [2.45, 2.75) is 22.8 Å². The molecule has 1 amide bonds. The van der Waals surface area contributed by atoms with Gasteiger partial charge in [-0.05, 0) is 78.2 Å². The number of benzene rings is 4. The van der Waals surface area contributed by atoms with Crippen LogP contribution in [0.3, 0.4) is 0 Å². The van der Waals surface area contributed by atoms with E-state index in [2.05, 4.69) is 5.32 Å². The lowest BCUT2D eigenvalue weighted by molar-refractivity contribution is -0.116. The average molecular weight is 626 g/mol. The van der Waals surface area contributed by atoms with Crippen LogP contribution in [0.5, 0.6) is 5.75 Å². The third-order valence-electron chi connectivity index (χ3n) is 6.84. The molecule has 218 valence electrons. The van der Waals surface area contributed by atoms with Crippen LogP contribution in [0, 0.1) is 0 Å². The molecule has 0 atom stereocenters. The van der Waals surface area contributed by atoms with E-state index in [4.69, 9.17) is 16.3 Å². The summed E-state index contributed by atoms with van der Waals surface area (Å²) in [6, 6.07) is 25.9. The van der Waals surface area contributed by atoms with Crippen LogP contribution in [0.1, 0.15) is 11.1 Å². The molecular formula is C30H28ClN3O6S2. The molecule has 12 heteroatoms. The number of nitrogens with zero attached hydrogens (tertiary/aromatic N) is 2. The summed E-state index contributed by atoms with van der Waals surface area (Å²) in [5.74, 6) is -0.0712. The SMILES string of the molecule is COc1ccc(S(=O)(=O)N(CC(=O)Nc2ccc3c(c2)N(S(=O)(=O)c2ccc(Cl)cc2)CC3)Cc2ccccc2)cc1. The number of hydrogen-bond acceptors (Lipinski definition) is 6. The van der Waals surface area contributed by atoms with Gasteiger partial charge in [0.05, 0.1) is 29.1 Å². The van der Waals surface area contributed by atoms with E-state index in [0.717, 1.165) is 9.87 Å². The van der Waals surface area contributed by atoms with E-state index in [1.165, 1.54) is 47.8 Å². The molecule has 0 aliphatic carbocycles. The van der Waals surface area contributed by atoms with Crippen LogP contribution in [0.25, 0.3) is 0 Å². The van der Waals surface area contributed by atoms with Gasteiger partial charge in [-0.25, -0.2) is 16.8 Å². The second kappa shape index (κ2) is 12.1. The second-order valence-electron chi connectivity index (χ2n) is 9.61. The first-order valence-electron chi connectivity index (χ1n) is 13.0. The lowest BCUT2D eigenvalue weighted by Gasteiger charge is -2.23. The summed E-state index contributed by atoms with van der Waals surface area (Å²) in [5.41, 5.74) is 2.33. The number of halogens is 1. The molecule has 0 fully saturated rings. The van der Waals surface area contributed by atoms with Crippen LogP contribution in [0.4, 0.5) is 11.4 Å². The Kier molecular flexibility index (Phi) is 8.55. The fourth-order valence-electron chi connectivity index (χ4n) is 4.68. The highest BCUT2D eigenvalue weighted by Crippen LogP contribution is 2.35. The number of sulfonamides is 2. The molecule has 1 N–H and O–H groups in total. The molecule has 0 saturated carbocycles. The van der Waals surface area contributed by atoms with Gasteiger partial charge in [0.25, 0.3) is 10.0 Å². The van der Waals surface area contributed by atoms with E-state index >= 15 is 0 Å². The van der Waals surface area contributed by atoms with Crippen molar-refractivity contribution in [2.24, 2.45) is 0 Å². The highest BCUT2D eigenvalue weighted by molar-refractivity contribution is 7.92. The van der Waals surface area contributed by atoms with Gasteiger partial charge in [-0.1, -0.05) is 48.0 Å². The van der Waals surface area contributed by atoms with Crippen molar-refractivity contribution in [2.75, 3.05) is 29.8 Å². The number of ether oxygens (including phenoxy) is 1. The number of nitrogens with one attached hydrogen (secondary N) is 1. The Balaban J connectivity index is 1.38. The van der Waals surface area contributed by atoms with Crippen LogP contribution < -0.4 is 14.4 Å². The van der Waals surface area contributed by atoms with Gasteiger partial charge < -0.3 is 10.1 Å². The first-order valence-corrected chi connectivity index (χ1v) is 16.2. The Bertz CT molecular complexity index is 1800. The predicted molar refractivity (Wildman–Crippen MR) is 162 cm³/mol. The summed E-state index contributed by atoms with van der Waals surface area (Å²) in [6.45, 7) is -0.240. The minimum atomic E-state index is -4.06. The molecule has 5 rings (SSSR count). The minimum absolute atomic E-state index is 0.0209. The molecule has 1 aliphatic rings. The Labute approximate surface area is 250 Å². The third kappa shape index (κ3) is 6.29. The number of methoxy groups -OCH3 is 1. The van der Waals surface area contributed by atoms with Crippen molar-refractivity contribution < 1.29 is 26.4 Å². The van der Waals surface area contributed by atoms with E-state index < -0.39 is 32.5 Å². The van der Waals surface area contributed by atoms with Crippen LogP contribution in [-0.2, 0) is 37.8 Å². The van der Waals surface area contributed by atoms with Crippen molar-refractivity contribution in [1.82, 2.24) is 4.31 Å². The normalized spacial score (nSPS) is 13.2. The zero-order valence-corrected chi connectivity index (χ0v) is 25.0. The van der Waals surface area contributed by atoms with Crippen LogP contribution >= 0.6 is 11.6 Å². The van der Waals surface area contributed by atoms with Gasteiger partial charge in [0, 0.05) is 23.8 Å². The van der Waals surface area contributed by atoms with E-state index in [0.29, 0.717) is 34.1 Å². The number of anilines is 2. The summed E-state index contributed by atoms with van der Waals surface area (Å²) >= 11 is 5.93. The van der Waals surface area contributed by atoms with Crippen molar-refractivity contribution in [3.63, 3.8) is 0 Å². The molecule has 42 heavy (non-hydrogen) atoms. The summed E-state index contributed by atoms with van der Waals surface area (Å²) in [7, 11) is -6.43. The van der Waals surface area contributed by atoms with Crippen molar-refractivity contribution in [3.8, 4) is 5.75 Å². The first kappa shape index (κ1) is 29.6. The molecule has 0 radical (unpaired) electrons. The van der Waals surface area contributed by atoms with E-state index in [1.807, 2.05) is 6.07 Å². The lowest BCUT2D eigenvalue weighted by atomic mass is 10.1. The van der Waals surface area contributed by atoms with Gasteiger partial charge in [0.1, 0.15) is 5.75 Å². The van der Waals surface area contributed by atoms with Crippen LogP contribution in [-0.4, -0.2) is 47.2 Å². The second-order valence-corrected chi connectivity index (χ2v) is 13.8. The van der Waals surface area contributed by atoms with Gasteiger partial charge in [-0.15, -0.1) is 0 Å². The molecular weight excluding hydrogens is 598 g/mol. The maximum Gasteiger partial charge on any atom is 0.264 e. The van der Waals surface area contributed by atoms with Crippen LogP contribution in [0.15, 0.2) is 107 Å². The number of rotatable bonds is 10. The predicted octanol–water partition coefficient (Wildman–Crippen LogP) is 4.93. The number of carbonyl (C=O) groups is 1. The average Bonchev–Trinajstić information content (AvgIpc) is 3.42. The standard InChI is InChI=1S/C30H28ClN3O6S2/c1-40-26-11-15-27(16-12-26)41(36,37)33(20-22-5-3-2-4-6-22)21-30(35)32-25-10-7-23-17-18-34(29(23)19-25)42(38,39)28-13-8-24(31)9-14-28/h2-16,19H,17-18,20-21H2,1H3,(H,32,35). The smallest absolute Gasteiger partial charge is 0.264 e. The fourth-order valence-corrected chi connectivity index (χ4v) is 7.69. The Morgan fingerprint density at radius 1 is 0.905 bits per heavy atom. The van der Waals surface area contributed by atoms with Crippen molar-refractivity contribution in [1.29, 1.82) is 0 Å². The van der Waals surface area contributed by atoms with Gasteiger partial charge in [-0.3, -0.25) is 9.10 Å². The number of amides is 1. The van der Waals surface area contributed by atoms with E-state index in [1.54, 1.807) is 54.6 Å². The maximum atomic E-state index is 13.6. The largest absolute Gasteiger partial charge is 0.497 e. The molecule has 0 spiro atoms. The van der Waals surface area contributed by atoms with Gasteiger partial charge in [0.2, 0.25) is 15.9 Å². The highest BCUT2D eigenvalue weighted by atomic mass is 35.5. The van der Waals surface area contributed by atoms with Gasteiger partial charge in [-0.2, -0.15) is 4.31 Å². The first-order chi connectivity index (χ1) is 20.1. The van der Waals surface area contributed by atoms with Crippen molar-refractivity contribution in [3.05, 3.63) is 113 Å². The topological polar surface area (TPSA) is 113 Å². The number of fused-ring (bicyclic) bond motifs is 1.